The summed E-state index contributed by atoms with van der Waals surface area (Å²) < 4.78 is 1.71. The quantitative estimate of drug-likeness (QED) is 0.683. The molecule has 7 nitrogen and oxygen atoms in total. The molecule has 144 valence electrons. The van der Waals surface area contributed by atoms with Crippen molar-refractivity contribution >= 4 is 22.9 Å². The summed E-state index contributed by atoms with van der Waals surface area (Å²) in [6, 6.07) is 11.2. The number of pyridine rings is 2. The van der Waals surface area contributed by atoms with Gasteiger partial charge in [-0.2, -0.15) is 0 Å². The van der Waals surface area contributed by atoms with Crippen molar-refractivity contribution in [2.75, 3.05) is 0 Å². The predicted octanol–water partition coefficient (Wildman–Crippen LogP) is 2.15. The van der Waals surface area contributed by atoms with Gasteiger partial charge in [-0.05, 0) is 31.5 Å². The lowest BCUT2D eigenvalue weighted by Crippen LogP contribution is -2.43. The van der Waals surface area contributed by atoms with Crippen molar-refractivity contribution in [3.8, 4) is 0 Å². The predicted molar refractivity (Wildman–Crippen MR) is 105 cm³/mol. The molecule has 3 rings (SSSR count). The van der Waals surface area contributed by atoms with E-state index in [1.807, 2.05) is 19.9 Å². The number of nitrogens with zero attached hydrogens (tertiary/aromatic N) is 2. The minimum absolute atomic E-state index is 0.0979. The number of carbonyl (C=O) groups is 2. The first kappa shape index (κ1) is 19.3. The van der Waals surface area contributed by atoms with Crippen LogP contribution in [0.15, 0.2) is 53.5 Å². The van der Waals surface area contributed by atoms with Gasteiger partial charge in [-0.1, -0.05) is 30.3 Å². The van der Waals surface area contributed by atoms with Gasteiger partial charge in [-0.25, -0.2) is 9.78 Å². The van der Waals surface area contributed by atoms with Crippen LogP contribution in [-0.2, 0) is 17.8 Å². The molecule has 0 saturated heterocycles. The molecule has 0 fully saturated rings. The summed E-state index contributed by atoms with van der Waals surface area (Å²) in [6.45, 7) is 4.22. The van der Waals surface area contributed by atoms with Crippen molar-refractivity contribution in [1.82, 2.24) is 14.9 Å². The molecule has 0 aliphatic carbocycles. The van der Waals surface area contributed by atoms with E-state index < -0.39 is 23.3 Å². The Morgan fingerprint density at radius 2 is 1.89 bits per heavy atom. The van der Waals surface area contributed by atoms with Crippen molar-refractivity contribution in [3.63, 3.8) is 0 Å². The molecule has 3 aromatic rings. The van der Waals surface area contributed by atoms with Gasteiger partial charge in [-0.15, -0.1) is 0 Å². The molecular formula is C21H21N3O4. The fourth-order valence-corrected chi connectivity index (χ4v) is 3.05. The van der Waals surface area contributed by atoms with Gasteiger partial charge in [0.05, 0.1) is 5.39 Å². The van der Waals surface area contributed by atoms with Gasteiger partial charge in [0, 0.05) is 24.9 Å². The number of rotatable bonds is 6. The molecule has 0 radical (unpaired) electrons. The van der Waals surface area contributed by atoms with Crippen molar-refractivity contribution in [1.29, 1.82) is 0 Å². The molecule has 2 N–H and O–H groups in total. The van der Waals surface area contributed by atoms with Gasteiger partial charge in [0.2, 0.25) is 5.43 Å². The van der Waals surface area contributed by atoms with Crippen LogP contribution in [-0.4, -0.2) is 32.6 Å². The second-order valence-electron chi connectivity index (χ2n) is 6.54. The first-order valence-corrected chi connectivity index (χ1v) is 8.99. The fraction of sp³-hybridized carbons (Fsp3) is 0.238. The Hall–Kier alpha value is -3.48. The largest absolute Gasteiger partial charge is 0.480 e. The van der Waals surface area contributed by atoms with Crippen LogP contribution in [0.3, 0.4) is 0 Å². The average molecular weight is 379 g/mol. The van der Waals surface area contributed by atoms with E-state index >= 15 is 0 Å². The smallest absolute Gasteiger partial charge is 0.326 e. The average Bonchev–Trinajstić information content (AvgIpc) is 2.68. The van der Waals surface area contributed by atoms with E-state index in [1.54, 1.807) is 41.0 Å². The van der Waals surface area contributed by atoms with Crippen LogP contribution in [0.1, 0.15) is 28.5 Å². The first-order chi connectivity index (χ1) is 13.4. The molecule has 2 aromatic heterocycles. The molecule has 7 heteroatoms. The normalized spacial score (nSPS) is 11.9. The number of carbonyl (C=O) groups excluding carboxylic acids is 1. The number of carboxylic acid groups (broad SMARTS) is 1. The monoisotopic (exact) mass is 379 g/mol. The highest BCUT2D eigenvalue weighted by Gasteiger charge is 2.23. The number of carboxylic acids is 1. The highest BCUT2D eigenvalue weighted by Crippen LogP contribution is 2.11. The lowest BCUT2D eigenvalue weighted by molar-refractivity contribution is -0.139. The van der Waals surface area contributed by atoms with Gasteiger partial charge in [0.15, 0.2) is 0 Å². The maximum absolute atomic E-state index is 12.8. The fourth-order valence-electron chi connectivity index (χ4n) is 3.05. The number of fused-ring (bicyclic) bond motifs is 1. The van der Waals surface area contributed by atoms with Crippen LogP contribution in [0, 0.1) is 6.92 Å². The minimum atomic E-state index is -1.16. The number of hydrogen-bond donors (Lipinski definition) is 2. The number of nitrogens with one attached hydrogen (secondary N) is 1. The van der Waals surface area contributed by atoms with Gasteiger partial charge in [0.25, 0.3) is 5.91 Å². The van der Waals surface area contributed by atoms with E-state index in [0.29, 0.717) is 17.6 Å². The molecule has 0 saturated carbocycles. The third-order valence-electron chi connectivity index (χ3n) is 4.53. The van der Waals surface area contributed by atoms with Crippen LogP contribution in [0.4, 0.5) is 0 Å². The third kappa shape index (κ3) is 3.93. The van der Waals surface area contributed by atoms with Crippen molar-refractivity contribution in [2.45, 2.75) is 32.9 Å². The van der Waals surface area contributed by atoms with E-state index in [4.69, 9.17) is 0 Å². The van der Waals surface area contributed by atoms with Crippen LogP contribution < -0.4 is 10.7 Å². The molecule has 0 bridgehead atoms. The highest BCUT2D eigenvalue weighted by molar-refractivity contribution is 5.98. The maximum atomic E-state index is 12.8. The van der Waals surface area contributed by atoms with E-state index in [0.717, 1.165) is 11.3 Å². The Balaban J connectivity index is 1.96. The lowest BCUT2D eigenvalue weighted by Gasteiger charge is -2.16. The number of aliphatic carboxylic acids is 1. The summed E-state index contributed by atoms with van der Waals surface area (Å²) in [6.07, 6.45) is 1.56. The zero-order valence-corrected chi connectivity index (χ0v) is 15.7. The second kappa shape index (κ2) is 8.04. The number of amides is 1. The zero-order valence-electron chi connectivity index (χ0n) is 15.7. The number of benzene rings is 1. The molecule has 0 spiro atoms. The first-order valence-electron chi connectivity index (χ1n) is 8.99. The molecule has 1 atom stereocenters. The van der Waals surface area contributed by atoms with Crippen LogP contribution >= 0.6 is 0 Å². The maximum Gasteiger partial charge on any atom is 0.326 e. The Kier molecular flexibility index (Phi) is 5.54. The molecule has 0 unspecified atom stereocenters. The number of hydrogen-bond acceptors (Lipinski definition) is 4. The molecule has 0 aliphatic rings. The summed E-state index contributed by atoms with van der Waals surface area (Å²) in [5.74, 6) is -1.87. The van der Waals surface area contributed by atoms with Crippen LogP contribution in [0.25, 0.3) is 11.0 Å². The highest BCUT2D eigenvalue weighted by atomic mass is 16.4. The summed E-state index contributed by atoms with van der Waals surface area (Å²) >= 11 is 0. The van der Waals surface area contributed by atoms with Crippen molar-refractivity contribution in [3.05, 3.63) is 75.7 Å². The molecule has 28 heavy (non-hydrogen) atoms. The summed E-state index contributed by atoms with van der Waals surface area (Å²) in [5, 5.41) is 12.3. The zero-order chi connectivity index (χ0) is 20.3. The second-order valence-corrected chi connectivity index (χ2v) is 6.54. The van der Waals surface area contributed by atoms with E-state index in [-0.39, 0.29) is 12.0 Å². The van der Waals surface area contributed by atoms with Crippen LogP contribution in [0.5, 0.6) is 0 Å². The van der Waals surface area contributed by atoms with Crippen molar-refractivity contribution in [2.24, 2.45) is 0 Å². The van der Waals surface area contributed by atoms with Gasteiger partial charge >= 0.3 is 5.97 Å². The van der Waals surface area contributed by atoms with Gasteiger partial charge in [-0.3, -0.25) is 9.59 Å². The molecule has 1 aromatic carbocycles. The third-order valence-corrected chi connectivity index (χ3v) is 4.53. The number of aryl methyl sites for hydroxylation is 2. The Bertz CT molecular complexity index is 1090. The van der Waals surface area contributed by atoms with Gasteiger partial charge < -0.3 is 15.0 Å². The molecule has 2 heterocycles. The summed E-state index contributed by atoms with van der Waals surface area (Å²) in [5.41, 5.74) is 1.48. The lowest BCUT2D eigenvalue weighted by atomic mass is 10.1. The minimum Gasteiger partial charge on any atom is -0.480 e. The Morgan fingerprint density at radius 3 is 2.54 bits per heavy atom. The van der Waals surface area contributed by atoms with E-state index in [1.165, 1.54) is 6.20 Å². The summed E-state index contributed by atoms with van der Waals surface area (Å²) in [7, 11) is 0. The van der Waals surface area contributed by atoms with E-state index in [9.17, 15) is 19.5 Å². The van der Waals surface area contributed by atoms with Gasteiger partial charge in [0.1, 0.15) is 17.3 Å². The molecular weight excluding hydrogens is 358 g/mol. The molecule has 0 aliphatic heterocycles. The van der Waals surface area contributed by atoms with Crippen LogP contribution in [0.2, 0.25) is 0 Å². The topological polar surface area (TPSA) is 101 Å². The standard InChI is InChI=1S/C21H21N3O4/c1-3-24-12-16(18(25)15-10-9-13(2)22-19(15)24)20(26)23-17(21(27)28)11-14-7-5-4-6-8-14/h4-10,12,17H,3,11H2,1-2H3,(H,23,26)(H,27,28)/t17-/m0/s1. The Morgan fingerprint density at radius 1 is 1.18 bits per heavy atom. The summed E-state index contributed by atoms with van der Waals surface area (Å²) in [4.78, 5) is 41.5. The number of aromatic nitrogens is 2. The van der Waals surface area contributed by atoms with E-state index in [2.05, 4.69) is 10.3 Å². The van der Waals surface area contributed by atoms with Crippen molar-refractivity contribution < 1.29 is 14.7 Å². The molecule has 1 amide bonds. The Labute approximate surface area is 161 Å². The SMILES string of the molecule is CCn1cc(C(=O)N[C@@H](Cc2ccccc2)C(=O)O)c(=O)c2ccc(C)nc21.